The molecular weight excluding hydrogens is 280 g/mol. The van der Waals surface area contributed by atoms with Gasteiger partial charge in [0.25, 0.3) is 0 Å². The Balaban J connectivity index is 2.27. The maximum Gasteiger partial charge on any atom is 0.159 e. The van der Waals surface area contributed by atoms with Gasteiger partial charge in [-0.25, -0.2) is 4.99 Å². The van der Waals surface area contributed by atoms with Crippen molar-refractivity contribution in [3.05, 3.63) is 53.6 Å². The smallest absolute Gasteiger partial charge is 0.159 e. The summed E-state index contributed by atoms with van der Waals surface area (Å²) in [6.07, 6.45) is 1.88. The summed E-state index contributed by atoms with van der Waals surface area (Å²) in [5.41, 5.74) is 6.43. The van der Waals surface area contributed by atoms with E-state index in [0.717, 1.165) is 0 Å². The molecule has 19 heavy (non-hydrogen) atoms. The van der Waals surface area contributed by atoms with Crippen LogP contribution >= 0.6 is 23.4 Å². The van der Waals surface area contributed by atoms with E-state index in [4.69, 9.17) is 22.1 Å². The molecule has 5 heteroatoms. The van der Waals surface area contributed by atoms with Crippen LogP contribution in [0.2, 0.25) is 5.02 Å². The Bertz CT molecular complexity index is 584. The van der Waals surface area contributed by atoms with Crippen LogP contribution in [0.5, 0.6) is 11.5 Å². The lowest BCUT2D eigenvalue weighted by molar-refractivity contribution is 0.484. The van der Waals surface area contributed by atoms with Crippen molar-refractivity contribution in [1.29, 1.82) is 0 Å². The van der Waals surface area contributed by atoms with Crippen molar-refractivity contribution >= 4 is 34.2 Å². The Morgan fingerprint density at radius 2 is 1.84 bits per heavy atom. The summed E-state index contributed by atoms with van der Waals surface area (Å²) in [4.78, 5) is 4.30. The van der Waals surface area contributed by atoms with Crippen molar-refractivity contribution in [2.75, 3.05) is 6.26 Å². The highest BCUT2D eigenvalue weighted by Gasteiger charge is 2.04. The third-order valence-electron chi connectivity index (χ3n) is 2.35. The molecule has 0 unspecified atom stereocenters. The number of aliphatic imine (C=N–C) groups is 1. The number of hydrogen-bond donors (Lipinski definition) is 1. The van der Waals surface area contributed by atoms with Crippen molar-refractivity contribution in [1.82, 2.24) is 0 Å². The van der Waals surface area contributed by atoms with Crippen LogP contribution in [0.15, 0.2) is 53.5 Å². The van der Waals surface area contributed by atoms with E-state index < -0.39 is 0 Å². The fourth-order valence-corrected chi connectivity index (χ4v) is 1.75. The van der Waals surface area contributed by atoms with Crippen molar-refractivity contribution < 1.29 is 4.74 Å². The Labute approximate surface area is 121 Å². The lowest BCUT2D eigenvalue weighted by Gasteiger charge is -2.08. The quantitative estimate of drug-likeness (QED) is 0.672. The topological polar surface area (TPSA) is 47.6 Å². The van der Waals surface area contributed by atoms with E-state index in [1.165, 1.54) is 11.8 Å². The molecule has 0 atom stereocenters. The van der Waals surface area contributed by atoms with Crippen LogP contribution < -0.4 is 10.5 Å². The highest BCUT2D eigenvalue weighted by molar-refractivity contribution is 8.13. The van der Waals surface area contributed by atoms with Crippen molar-refractivity contribution in [3.8, 4) is 11.5 Å². The Morgan fingerprint density at radius 3 is 2.53 bits per heavy atom. The first-order valence-electron chi connectivity index (χ1n) is 5.59. The monoisotopic (exact) mass is 292 g/mol. The summed E-state index contributed by atoms with van der Waals surface area (Å²) >= 11 is 7.23. The molecular formula is C14H13ClN2OS. The van der Waals surface area contributed by atoms with Crippen LogP contribution in [0.25, 0.3) is 0 Å². The van der Waals surface area contributed by atoms with Crippen LogP contribution in [0, 0.1) is 0 Å². The van der Waals surface area contributed by atoms with Gasteiger partial charge < -0.3 is 10.5 Å². The first kappa shape index (κ1) is 13.8. The number of hydrogen-bond acceptors (Lipinski definition) is 3. The summed E-state index contributed by atoms with van der Waals surface area (Å²) in [5, 5.41) is 1.16. The van der Waals surface area contributed by atoms with E-state index in [-0.39, 0.29) is 0 Å². The third kappa shape index (κ3) is 3.91. The van der Waals surface area contributed by atoms with Gasteiger partial charge in [-0.2, -0.15) is 0 Å². The van der Waals surface area contributed by atoms with Gasteiger partial charge in [-0.05, 0) is 42.7 Å². The molecule has 0 aliphatic rings. The molecule has 2 aromatic carbocycles. The minimum Gasteiger partial charge on any atom is -0.455 e. The van der Waals surface area contributed by atoms with Gasteiger partial charge in [0.15, 0.2) is 10.9 Å². The number of halogens is 1. The normalized spacial score (nSPS) is 11.4. The van der Waals surface area contributed by atoms with Crippen molar-refractivity contribution in [3.63, 3.8) is 0 Å². The van der Waals surface area contributed by atoms with Gasteiger partial charge in [0.2, 0.25) is 0 Å². The SMILES string of the molecule is CSC(N)=Nc1ccccc1Oc1ccc(Cl)cc1. The van der Waals surface area contributed by atoms with E-state index in [1.54, 1.807) is 24.3 Å². The van der Waals surface area contributed by atoms with E-state index in [2.05, 4.69) is 4.99 Å². The van der Waals surface area contributed by atoms with Gasteiger partial charge in [-0.1, -0.05) is 35.5 Å². The molecule has 2 rings (SSSR count). The first-order valence-corrected chi connectivity index (χ1v) is 7.20. The molecule has 0 aliphatic heterocycles. The van der Waals surface area contributed by atoms with E-state index in [9.17, 15) is 0 Å². The molecule has 0 aliphatic carbocycles. The lowest BCUT2D eigenvalue weighted by atomic mass is 10.3. The molecule has 98 valence electrons. The molecule has 0 saturated heterocycles. The number of nitrogens with two attached hydrogens (primary N) is 1. The van der Waals surface area contributed by atoms with Crippen LogP contribution in [0.4, 0.5) is 5.69 Å². The predicted octanol–water partition coefficient (Wildman–Crippen LogP) is 4.44. The van der Waals surface area contributed by atoms with Crippen LogP contribution in [-0.2, 0) is 0 Å². The van der Waals surface area contributed by atoms with E-state index >= 15 is 0 Å². The highest BCUT2D eigenvalue weighted by atomic mass is 35.5. The number of thioether (sulfide) groups is 1. The molecule has 0 bridgehead atoms. The number of nitrogens with zero attached hydrogens (tertiary/aromatic N) is 1. The molecule has 0 amide bonds. The average molecular weight is 293 g/mol. The average Bonchev–Trinajstić information content (AvgIpc) is 2.43. The second-order valence-electron chi connectivity index (χ2n) is 3.68. The molecule has 0 heterocycles. The van der Waals surface area contributed by atoms with Gasteiger partial charge >= 0.3 is 0 Å². The van der Waals surface area contributed by atoms with Gasteiger partial charge in [-0.15, -0.1) is 0 Å². The first-order chi connectivity index (χ1) is 9.19. The summed E-state index contributed by atoms with van der Waals surface area (Å²) in [7, 11) is 0. The summed E-state index contributed by atoms with van der Waals surface area (Å²) in [6.45, 7) is 0. The zero-order chi connectivity index (χ0) is 13.7. The standard InChI is InChI=1S/C14H13ClN2OS/c1-19-14(16)17-12-4-2-3-5-13(12)18-11-8-6-10(15)7-9-11/h2-9H,1H3,(H2,16,17). The summed E-state index contributed by atoms with van der Waals surface area (Å²) in [5.74, 6) is 1.36. The molecule has 0 aromatic heterocycles. The third-order valence-corrected chi connectivity index (χ3v) is 3.11. The molecule has 3 nitrogen and oxygen atoms in total. The van der Waals surface area contributed by atoms with Crippen LogP contribution in [0.3, 0.4) is 0 Å². The molecule has 2 aromatic rings. The molecule has 2 N–H and O–H groups in total. The molecule has 0 saturated carbocycles. The molecule has 0 spiro atoms. The van der Waals surface area contributed by atoms with E-state index in [0.29, 0.717) is 27.4 Å². The zero-order valence-corrected chi connectivity index (χ0v) is 11.9. The van der Waals surface area contributed by atoms with Gasteiger partial charge in [-0.3, -0.25) is 0 Å². The zero-order valence-electron chi connectivity index (χ0n) is 10.3. The minimum absolute atomic E-state index is 0.493. The number of benzene rings is 2. The van der Waals surface area contributed by atoms with Crippen LogP contribution in [0.1, 0.15) is 0 Å². The molecule has 0 radical (unpaired) electrons. The second kappa shape index (κ2) is 6.50. The van der Waals surface area contributed by atoms with Crippen LogP contribution in [-0.4, -0.2) is 11.4 Å². The maximum absolute atomic E-state index is 5.84. The highest BCUT2D eigenvalue weighted by Crippen LogP contribution is 2.32. The van der Waals surface area contributed by atoms with E-state index in [1.807, 2.05) is 30.5 Å². The van der Waals surface area contributed by atoms with Crippen molar-refractivity contribution in [2.24, 2.45) is 10.7 Å². The summed E-state index contributed by atoms with van der Waals surface area (Å²) < 4.78 is 5.78. The minimum atomic E-state index is 0.493. The maximum atomic E-state index is 5.84. The predicted molar refractivity (Wildman–Crippen MR) is 82.8 cm³/mol. The largest absolute Gasteiger partial charge is 0.455 e. The van der Waals surface area contributed by atoms with Gasteiger partial charge in [0.05, 0.1) is 0 Å². The Kier molecular flexibility index (Phi) is 4.71. The lowest BCUT2D eigenvalue weighted by Crippen LogP contribution is -2.04. The number of rotatable bonds is 3. The second-order valence-corrected chi connectivity index (χ2v) is 4.94. The van der Waals surface area contributed by atoms with Gasteiger partial charge in [0.1, 0.15) is 11.4 Å². The Morgan fingerprint density at radius 1 is 1.16 bits per heavy atom. The number of para-hydroxylation sites is 2. The fraction of sp³-hybridized carbons (Fsp3) is 0.0714. The number of ether oxygens (including phenoxy) is 1. The Hall–Kier alpha value is -1.65. The van der Waals surface area contributed by atoms with Gasteiger partial charge in [0, 0.05) is 5.02 Å². The molecule has 0 fully saturated rings. The summed E-state index contributed by atoms with van der Waals surface area (Å²) in [6, 6.07) is 14.6. The number of amidine groups is 1. The fourth-order valence-electron chi connectivity index (χ4n) is 1.43. The van der Waals surface area contributed by atoms with Crippen molar-refractivity contribution in [2.45, 2.75) is 0 Å².